The molecule has 4 rings (SSSR count). The molecule has 26 heavy (non-hydrogen) atoms. The number of rotatable bonds is 4. The third-order valence-electron chi connectivity index (χ3n) is 4.51. The van der Waals surface area contributed by atoms with Crippen LogP contribution in [0.5, 0.6) is 0 Å². The van der Waals surface area contributed by atoms with Gasteiger partial charge in [-0.05, 0) is 47.9 Å². The smallest absolute Gasteiger partial charge is 0.227 e. The highest BCUT2D eigenvalue weighted by Crippen LogP contribution is 2.30. The molecule has 0 saturated carbocycles. The van der Waals surface area contributed by atoms with Crippen molar-refractivity contribution in [3.63, 3.8) is 0 Å². The van der Waals surface area contributed by atoms with Crippen molar-refractivity contribution < 1.29 is 18.3 Å². The first-order valence-corrected chi connectivity index (χ1v) is 8.53. The lowest BCUT2D eigenvalue weighted by atomic mass is 9.95. The normalized spacial score (nSPS) is 16.1. The molecule has 0 saturated heterocycles. The molecule has 3 aromatic rings. The van der Waals surface area contributed by atoms with Crippen LogP contribution in [0, 0.1) is 5.82 Å². The van der Waals surface area contributed by atoms with Crippen LogP contribution in [0.25, 0.3) is 11.3 Å². The molecule has 1 aromatic heterocycles. The van der Waals surface area contributed by atoms with Crippen LogP contribution in [0.15, 0.2) is 65.3 Å². The Hall–Kier alpha value is -2.92. The minimum absolute atomic E-state index is 0.132. The van der Waals surface area contributed by atoms with Crippen LogP contribution >= 0.6 is 0 Å². The number of amides is 1. The number of benzene rings is 2. The van der Waals surface area contributed by atoms with Gasteiger partial charge in [0.05, 0.1) is 31.1 Å². The molecular weight excluding hydrogens is 333 g/mol. The molecule has 1 aliphatic heterocycles. The van der Waals surface area contributed by atoms with Crippen LogP contribution < -0.4 is 5.32 Å². The van der Waals surface area contributed by atoms with Gasteiger partial charge >= 0.3 is 0 Å². The molecular formula is C21H18FNO3. The van der Waals surface area contributed by atoms with E-state index in [9.17, 15) is 9.18 Å². The van der Waals surface area contributed by atoms with Gasteiger partial charge in [0, 0.05) is 5.56 Å². The van der Waals surface area contributed by atoms with E-state index in [1.165, 1.54) is 11.6 Å². The molecule has 0 fully saturated rings. The molecule has 2 aromatic carbocycles. The zero-order valence-corrected chi connectivity index (χ0v) is 14.1. The lowest BCUT2D eigenvalue weighted by molar-refractivity contribution is -0.119. The van der Waals surface area contributed by atoms with Crippen LogP contribution in [-0.4, -0.2) is 12.5 Å². The van der Waals surface area contributed by atoms with E-state index in [4.69, 9.17) is 9.15 Å². The monoisotopic (exact) mass is 351 g/mol. The van der Waals surface area contributed by atoms with Crippen molar-refractivity contribution in [3.8, 4) is 11.3 Å². The van der Waals surface area contributed by atoms with Gasteiger partial charge in [0.25, 0.3) is 0 Å². The molecule has 0 aliphatic carbocycles. The van der Waals surface area contributed by atoms with Crippen molar-refractivity contribution in [2.45, 2.75) is 18.9 Å². The Kier molecular flexibility index (Phi) is 4.54. The highest BCUT2D eigenvalue weighted by atomic mass is 19.1. The summed E-state index contributed by atoms with van der Waals surface area (Å²) in [6.07, 6.45) is 2.22. The van der Waals surface area contributed by atoms with Crippen LogP contribution in [0.2, 0.25) is 0 Å². The van der Waals surface area contributed by atoms with Crippen LogP contribution in [0.1, 0.15) is 23.7 Å². The summed E-state index contributed by atoms with van der Waals surface area (Å²) in [4.78, 5) is 12.5. The van der Waals surface area contributed by atoms with E-state index in [-0.39, 0.29) is 24.1 Å². The maximum Gasteiger partial charge on any atom is 0.227 e. The first-order chi connectivity index (χ1) is 12.7. The number of carbonyl (C=O) groups excluding carboxylic acids is 1. The third-order valence-corrected chi connectivity index (χ3v) is 4.51. The molecule has 1 aliphatic rings. The lowest BCUT2D eigenvalue weighted by Gasteiger charge is -2.25. The van der Waals surface area contributed by atoms with Gasteiger partial charge in [-0.1, -0.05) is 24.3 Å². The van der Waals surface area contributed by atoms with E-state index in [0.29, 0.717) is 17.9 Å². The van der Waals surface area contributed by atoms with Crippen LogP contribution in [0.4, 0.5) is 10.1 Å². The zero-order valence-electron chi connectivity index (χ0n) is 14.1. The van der Waals surface area contributed by atoms with E-state index in [1.54, 1.807) is 30.5 Å². The highest BCUT2D eigenvalue weighted by molar-refractivity contribution is 5.92. The Bertz CT molecular complexity index is 921. The van der Waals surface area contributed by atoms with Gasteiger partial charge in [-0.3, -0.25) is 4.79 Å². The standard InChI is InChI=1S/C21H18FNO3/c22-17-8-7-15(19-6-3-10-25-19)12-18(17)23-21(24)13-20-16-5-2-1-4-14(16)9-11-26-20/h1-8,10,12,20H,9,11,13H2,(H,23,24). The molecule has 132 valence electrons. The second-order valence-corrected chi connectivity index (χ2v) is 6.23. The maximum absolute atomic E-state index is 14.1. The number of hydrogen-bond acceptors (Lipinski definition) is 3. The molecule has 0 spiro atoms. The topological polar surface area (TPSA) is 51.5 Å². The van der Waals surface area contributed by atoms with Gasteiger partial charge in [-0.15, -0.1) is 0 Å². The number of anilines is 1. The van der Waals surface area contributed by atoms with E-state index in [0.717, 1.165) is 12.0 Å². The van der Waals surface area contributed by atoms with E-state index in [2.05, 4.69) is 11.4 Å². The molecule has 4 nitrogen and oxygen atoms in total. The van der Waals surface area contributed by atoms with Crippen molar-refractivity contribution in [3.05, 3.63) is 77.8 Å². The summed E-state index contributed by atoms with van der Waals surface area (Å²) in [6, 6.07) is 16.0. The predicted molar refractivity (Wildman–Crippen MR) is 96.2 cm³/mol. The minimum Gasteiger partial charge on any atom is -0.464 e. The molecule has 0 radical (unpaired) electrons. The van der Waals surface area contributed by atoms with Crippen molar-refractivity contribution in [1.82, 2.24) is 0 Å². The molecule has 1 amide bonds. The summed E-state index contributed by atoms with van der Waals surface area (Å²) in [7, 11) is 0. The predicted octanol–water partition coefficient (Wildman–Crippen LogP) is 4.73. The summed E-state index contributed by atoms with van der Waals surface area (Å²) < 4.78 is 25.2. The SMILES string of the molecule is O=C(CC1OCCc2ccccc21)Nc1cc(-c2ccco2)ccc1F. The maximum atomic E-state index is 14.1. The largest absolute Gasteiger partial charge is 0.464 e. The van der Waals surface area contributed by atoms with E-state index in [1.807, 2.05) is 18.2 Å². The fraction of sp³-hybridized carbons (Fsp3) is 0.190. The van der Waals surface area contributed by atoms with Gasteiger partial charge in [0.1, 0.15) is 11.6 Å². The number of hydrogen-bond donors (Lipinski definition) is 1. The molecule has 1 N–H and O–H groups in total. The molecule has 1 unspecified atom stereocenters. The summed E-state index contributed by atoms with van der Waals surface area (Å²) in [5.41, 5.74) is 3.06. The van der Waals surface area contributed by atoms with Crippen molar-refractivity contribution >= 4 is 11.6 Å². The summed E-state index contributed by atoms with van der Waals surface area (Å²) in [5.74, 6) is -0.161. The van der Waals surface area contributed by atoms with Crippen molar-refractivity contribution in [2.75, 3.05) is 11.9 Å². The first kappa shape index (κ1) is 16.5. The summed E-state index contributed by atoms with van der Waals surface area (Å²) in [5, 5.41) is 2.66. The summed E-state index contributed by atoms with van der Waals surface area (Å²) in [6.45, 7) is 0.581. The molecule has 2 heterocycles. The van der Waals surface area contributed by atoms with Gasteiger partial charge < -0.3 is 14.5 Å². The Morgan fingerprint density at radius 2 is 2.04 bits per heavy atom. The van der Waals surface area contributed by atoms with Crippen molar-refractivity contribution in [2.24, 2.45) is 0 Å². The summed E-state index contributed by atoms with van der Waals surface area (Å²) >= 11 is 0. The number of ether oxygens (including phenoxy) is 1. The Balaban J connectivity index is 1.50. The van der Waals surface area contributed by atoms with Gasteiger partial charge in [0.15, 0.2) is 0 Å². The van der Waals surface area contributed by atoms with E-state index >= 15 is 0 Å². The Labute approximate surface area is 150 Å². The highest BCUT2D eigenvalue weighted by Gasteiger charge is 2.23. The lowest BCUT2D eigenvalue weighted by Crippen LogP contribution is -2.22. The number of fused-ring (bicyclic) bond motifs is 1. The minimum atomic E-state index is -0.487. The molecule has 0 bridgehead atoms. The fourth-order valence-corrected chi connectivity index (χ4v) is 3.23. The molecule has 5 heteroatoms. The quantitative estimate of drug-likeness (QED) is 0.739. The Morgan fingerprint density at radius 1 is 1.15 bits per heavy atom. The second-order valence-electron chi connectivity index (χ2n) is 6.23. The average Bonchev–Trinajstić information content (AvgIpc) is 3.18. The first-order valence-electron chi connectivity index (χ1n) is 8.53. The zero-order chi connectivity index (χ0) is 17.9. The third kappa shape index (κ3) is 3.39. The van der Waals surface area contributed by atoms with E-state index < -0.39 is 5.82 Å². The average molecular weight is 351 g/mol. The second kappa shape index (κ2) is 7.14. The van der Waals surface area contributed by atoms with Gasteiger partial charge in [0.2, 0.25) is 5.91 Å². The van der Waals surface area contributed by atoms with Gasteiger partial charge in [-0.25, -0.2) is 4.39 Å². The number of halogens is 1. The molecule has 1 atom stereocenters. The van der Waals surface area contributed by atoms with Crippen LogP contribution in [0.3, 0.4) is 0 Å². The number of nitrogens with one attached hydrogen (secondary N) is 1. The number of carbonyl (C=O) groups is 1. The Morgan fingerprint density at radius 3 is 2.88 bits per heavy atom. The fourth-order valence-electron chi connectivity index (χ4n) is 3.23. The van der Waals surface area contributed by atoms with Gasteiger partial charge in [-0.2, -0.15) is 0 Å². The van der Waals surface area contributed by atoms with Crippen LogP contribution in [-0.2, 0) is 16.0 Å². The van der Waals surface area contributed by atoms with Crippen molar-refractivity contribution in [1.29, 1.82) is 0 Å². The number of furan rings is 1.